The number of anilines is 1. The summed E-state index contributed by atoms with van der Waals surface area (Å²) < 4.78 is 0.604. The smallest absolute Gasteiger partial charge is 0.255 e. The van der Waals surface area contributed by atoms with Gasteiger partial charge in [0.2, 0.25) is 0 Å². The van der Waals surface area contributed by atoms with Crippen LogP contribution in [0.2, 0.25) is 0 Å². The third-order valence-corrected chi connectivity index (χ3v) is 3.97. The van der Waals surface area contributed by atoms with Crippen LogP contribution in [0.4, 0.5) is 5.69 Å². The van der Waals surface area contributed by atoms with Gasteiger partial charge in [0.1, 0.15) is 0 Å². The summed E-state index contributed by atoms with van der Waals surface area (Å²) in [4.78, 5) is 14.0. The van der Waals surface area contributed by atoms with Crippen LogP contribution in [-0.2, 0) is 6.54 Å². The van der Waals surface area contributed by atoms with Crippen molar-refractivity contribution < 1.29 is 4.79 Å². The number of rotatable bonds is 3. The van der Waals surface area contributed by atoms with Crippen LogP contribution in [0.15, 0.2) is 46.9 Å². The van der Waals surface area contributed by atoms with E-state index in [2.05, 4.69) is 22.0 Å². The van der Waals surface area contributed by atoms with E-state index in [9.17, 15) is 4.79 Å². The van der Waals surface area contributed by atoms with Crippen LogP contribution in [0.5, 0.6) is 0 Å². The quantitative estimate of drug-likeness (QED) is 0.870. The van der Waals surface area contributed by atoms with Gasteiger partial charge in [-0.3, -0.25) is 4.79 Å². The minimum atomic E-state index is -0.128. The van der Waals surface area contributed by atoms with Crippen molar-refractivity contribution in [3.63, 3.8) is 0 Å². The highest BCUT2D eigenvalue weighted by molar-refractivity contribution is 9.10. The number of hydrogen-bond acceptors (Lipinski definition) is 3. The highest BCUT2D eigenvalue weighted by atomic mass is 79.9. The van der Waals surface area contributed by atoms with E-state index < -0.39 is 0 Å². The summed E-state index contributed by atoms with van der Waals surface area (Å²) in [7, 11) is 1.72. The van der Waals surface area contributed by atoms with Crippen LogP contribution in [0, 0.1) is 11.3 Å². The Balaban J connectivity index is 2.20. The Kier molecular flexibility index (Phi) is 4.61. The first-order valence-corrected chi connectivity index (χ1v) is 7.10. The molecule has 0 heterocycles. The lowest BCUT2D eigenvalue weighted by Crippen LogP contribution is -2.26. The normalized spacial score (nSPS) is 9.95. The maximum atomic E-state index is 12.5. The Morgan fingerprint density at radius 3 is 2.76 bits per heavy atom. The third-order valence-electron chi connectivity index (χ3n) is 3.08. The molecule has 2 aromatic rings. The van der Waals surface area contributed by atoms with E-state index in [0.29, 0.717) is 27.8 Å². The number of nitrogens with two attached hydrogens (primary N) is 1. The fraction of sp³-hybridized carbons (Fsp3) is 0.125. The van der Waals surface area contributed by atoms with Gasteiger partial charge in [0.15, 0.2) is 0 Å². The van der Waals surface area contributed by atoms with Gasteiger partial charge in [-0.2, -0.15) is 5.26 Å². The fourth-order valence-corrected chi connectivity index (χ4v) is 2.44. The lowest BCUT2D eigenvalue weighted by atomic mass is 10.1. The zero-order valence-corrected chi connectivity index (χ0v) is 13.1. The van der Waals surface area contributed by atoms with Gasteiger partial charge in [-0.25, -0.2) is 0 Å². The van der Waals surface area contributed by atoms with E-state index in [0.717, 1.165) is 5.56 Å². The van der Waals surface area contributed by atoms with Crippen LogP contribution in [0.25, 0.3) is 0 Å². The molecule has 0 radical (unpaired) electrons. The molecular formula is C16H14BrN3O. The van der Waals surface area contributed by atoms with Crippen molar-refractivity contribution in [2.45, 2.75) is 6.54 Å². The van der Waals surface area contributed by atoms with E-state index in [-0.39, 0.29) is 5.91 Å². The summed E-state index contributed by atoms with van der Waals surface area (Å²) in [6.07, 6.45) is 0. The third kappa shape index (κ3) is 3.41. The van der Waals surface area contributed by atoms with Gasteiger partial charge in [0, 0.05) is 19.3 Å². The van der Waals surface area contributed by atoms with Gasteiger partial charge in [-0.15, -0.1) is 0 Å². The van der Waals surface area contributed by atoms with Gasteiger partial charge in [-0.1, -0.05) is 18.2 Å². The van der Waals surface area contributed by atoms with Gasteiger partial charge in [-0.05, 0) is 45.8 Å². The second-order valence-corrected chi connectivity index (χ2v) is 5.48. The predicted octanol–water partition coefficient (Wildman–Crippen LogP) is 3.18. The zero-order valence-electron chi connectivity index (χ0n) is 11.5. The molecule has 0 aliphatic carbocycles. The number of nitriles is 1. The lowest BCUT2D eigenvalue weighted by molar-refractivity contribution is 0.0784. The average Bonchev–Trinajstić information content (AvgIpc) is 2.49. The van der Waals surface area contributed by atoms with Gasteiger partial charge >= 0.3 is 0 Å². The highest BCUT2D eigenvalue weighted by Gasteiger charge is 2.16. The van der Waals surface area contributed by atoms with E-state index in [1.807, 2.05) is 12.1 Å². The molecule has 0 bridgehead atoms. The van der Waals surface area contributed by atoms with Crippen LogP contribution >= 0.6 is 15.9 Å². The number of nitrogen functional groups attached to an aromatic ring is 1. The molecule has 0 aliphatic heterocycles. The maximum absolute atomic E-state index is 12.5. The van der Waals surface area contributed by atoms with Crippen molar-refractivity contribution in [1.82, 2.24) is 4.90 Å². The van der Waals surface area contributed by atoms with Crippen LogP contribution in [-0.4, -0.2) is 17.9 Å². The predicted molar refractivity (Wildman–Crippen MR) is 85.5 cm³/mol. The second-order valence-electron chi connectivity index (χ2n) is 4.68. The van der Waals surface area contributed by atoms with Crippen molar-refractivity contribution in [1.29, 1.82) is 5.26 Å². The first kappa shape index (κ1) is 15.1. The van der Waals surface area contributed by atoms with Crippen molar-refractivity contribution in [2.24, 2.45) is 0 Å². The van der Waals surface area contributed by atoms with Crippen LogP contribution in [0.3, 0.4) is 0 Å². The van der Waals surface area contributed by atoms with E-state index in [1.54, 1.807) is 42.3 Å². The number of carbonyl (C=O) groups excluding carboxylic acids is 1. The molecule has 0 saturated carbocycles. The fourth-order valence-electron chi connectivity index (χ4n) is 2.01. The monoisotopic (exact) mass is 343 g/mol. The van der Waals surface area contributed by atoms with E-state index >= 15 is 0 Å². The Morgan fingerprint density at radius 1 is 1.33 bits per heavy atom. The Morgan fingerprint density at radius 2 is 2.05 bits per heavy atom. The standard InChI is InChI=1S/C16H14BrN3O/c1-20(10-12-5-2-4-11(8-12)9-18)16(21)13-6-3-7-14(19)15(13)17/h2-8H,10,19H2,1H3. The molecule has 0 aliphatic rings. The van der Waals surface area contributed by atoms with Gasteiger partial charge < -0.3 is 10.6 Å². The first-order chi connectivity index (χ1) is 10.0. The first-order valence-electron chi connectivity index (χ1n) is 6.31. The number of benzene rings is 2. The summed E-state index contributed by atoms with van der Waals surface area (Å²) in [6.45, 7) is 0.426. The molecule has 0 aromatic heterocycles. The average molecular weight is 344 g/mol. The molecule has 0 unspecified atom stereocenters. The molecule has 2 rings (SSSR count). The summed E-state index contributed by atoms with van der Waals surface area (Å²) in [5, 5.41) is 8.90. The zero-order chi connectivity index (χ0) is 15.4. The molecule has 0 saturated heterocycles. The molecule has 106 valence electrons. The van der Waals surface area contributed by atoms with Crippen LogP contribution < -0.4 is 5.73 Å². The minimum Gasteiger partial charge on any atom is -0.398 e. The number of carbonyl (C=O) groups is 1. The molecule has 21 heavy (non-hydrogen) atoms. The number of hydrogen-bond donors (Lipinski definition) is 1. The SMILES string of the molecule is CN(Cc1cccc(C#N)c1)C(=O)c1cccc(N)c1Br. The second kappa shape index (κ2) is 6.42. The Labute approximate surface area is 131 Å². The molecule has 0 spiro atoms. The molecule has 1 amide bonds. The lowest BCUT2D eigenvalue weighted by Gasteiger charge is -2.18. The molecule has 2 N–H and O–H groups in total. The molecule has 0 fully saturated rings. The number of amides is 1. The number of halogens is 1. The minimum absolute atomic E-state index is 0.128. The molecule has 4 nitrogen and oxygen atoms in total. The Bertz CT molecular complexity index is 722. The summed E-state index contributed by atoms with van der Waals surface area (Å²) in [5.41, 5.74) is 8.34. The summed E-state index contributed by atoms with van der Waals surface area (Å²) in [5.74, 6) is -0.128. The Hall–Kier alpha value is -2.32. The van der Waals surface area contributed by atoms with E-state index in [1.165, 1.54) is 0 Å². The maximum Gasteiger partial charge on any atom is 0.255 e. The van der Waals surface area contributed by atoms with Crippen molar-refractivity contribution in [2.75, 3.05) is 12.8 Å². The topological polar surface area (TPSA) is 70.1 Å². The van der Waals surface area contributed by atoms with Gasteiger partial charge in [0.25, 0.3) is 5.91 Å². The summed E-state index contributed by atoms with van der Waals surface area (Å²) in [6, 6.07) is 14.5. The van der Waals surface area contributed by atoms with E-state index in [4.69, 9.17) is 11.0 Å². The highest BCUT2D eigenvalue weighted by Crippen LogP contribution is 2.25. The van der Waals surface area contributed by atoms with Crippen molar-refractivity contribution in [3.8, 4) is 6.07 Å². The van der Waals surface area contributed by atoms with Gasteiger partial charge in [0.05, 0.1) is 21.7 Å². The van der Waals surface area contributed by atoms with Crippen molar-refractivity contribution in [3.05, 3.63) is 63.6 Å². The molecule has 2 aromatic carbocycles. The molecule has 0 atom stereocenters. The summed E-state index contributed by atoms with van der Waals surface area (Å²) >= 11 is 3.34. The molecular weight excluding hydrogens is 330 g/mol. The van der Waals surface area contributed by atoms with Crippen LogP contribution in [0.1, 0.15) is 21.5 Å². The number of nitrogens with zero attached hydrogens (tertiary/aromatic N) is 2. The van der Waals surface area contributed by atoms with Crippen molar-refractivity contribution >= 4 is 27.5 Å². The largest absolute Gasteiger partial charge is 0.398 e. The molecule has 5 heteroatoms.